The van der Waals surface area contributed by atoms with Crippen molar-refractivity contribution in [2.45, 2.75) is 20.4 Å². The molecule has 0 atom stereocenters. The molecule has 114 valence electrons. The monoisotopic (exact) mass is 348 g/mol. The minimum Gasteiger partial charge on any atom is -0.308 e. The maximum absolute atomic E-state index is 14.0. The van der Waals surface area contributed by atoms with E-state index in [1.54, 1.807) is 0 Å². The molecule has 0 heterocycles. The first-order chi connectivity index (χ1) is 9.31. The van der Waals surface area contributed by atoms with E-state index in [0.29, 0.717) is 16.9 Å². The summed E-state index contributed by atoms with van der Waals surface area (Å²) in [5, 5.41) is 0. The molecule has 20 heavy (non-hydrogen) atoms. The molecule has 0 unspecified atom stereocenters. The molecular formula is C15H23BrF2N2. The van der Waals surface area contributed by atoms with Crippen molar-refractivity contribution in [2.75, 3.05) is 33.7 Å². The van der Waals surface area contributed by atoms with E-state index in [4.69, 9.17) is 0 Å². The molecule has 0 fully saturated rings. The maximum Gasteiger partial charge on any atom is 0.144 e. The van der Waals surface area contributed by atoms with E-state index in [2.05, 4.69) is 39.6 Å². The van der Waals surface area contributed by atoms with E-state index in [-0.39, 0.29) is 5.56 Å². The molecule has 0 aromatic heterocycles. The molecule has 0 bridgehead atoms. The number of halogens is 3. The summed E-state index contributed by atoms with van der Waals surface area (Å²) in [5.74, 6) is -0.525. The van der Waals surface area contributed by atoms with Gasteiger partial charge in [-0.15, -0.1) is 0 Å². The van der Waals surface area contributed by atoms with E-state index in [0.717, 1.165) is 19.6 Å². The summed E-state index contributed by atoms with van der Waals surface area (Å²) in [6.45, 7) is 6.98. The third-order valence-corrected chi connectivity index (χ3v) is 3.62. The highest BCUT2D eigenvalue weighted by molar-refractivity contribution is 9.10. The zero-order valence-electron chi connectivity index (χ0n) is 12.6. The summed E-state index contributed by atoms with van der Waals surface area (Å²) in [6.07, 6.45) is 0. The summed E-state index contributed by atoms with van der Waals surface area (Å²) in [4.78, 5) is 4.17. The molecule has 5 heteroatoms. The lowest BCUT2D eigenvalue weighted by Gasteiger charge is -2.26. The Labute approximate surface area is 128 Å². The average molecular weight is 349 g/mol. The number of hydrogen-bond acceptors (Lipinski definition) is 2. The summed E-state index contributed by atoms with van der Waals surface area (Å²) >= 11 is 3.11. The standard InChI is InChI=1S/C15H23BrF2N2/c1-11(2)9-20(8-7-19(3)4)10-12-14(17)6-5-13(16)15(12)18/h5-6,11H,7-10H2,1-4H3. The van der Waals surface area contributed by atoms with Gasteiger partial charge in [-0.2, -0.15) is 0 Å². The van der Waals surface area contributed by atoms with Gasteiger partial charge in [-0.05, 0) is 48.1 Å². The van der Waals surface area contributed by atoms with Crippen LogP contribution in [0.15, 0.2) is 16.6 Å². The predicted octanol–water partition coefficient (Wildman–Crippen LogP) is 3.75. The Morgan fingerprint density at radius 2 is 1.80 bits per heavy atom. The topological polar surface area (TPSA) is 6.48 Å². The highest BCUT2D eigenvalue weighted by atomic mass is 79.9. The Hall–Kier alpha value is -0.520. The summed E-state index contributed by atoms with van der Waals surface area (Å²) in [7, 11) is 3.99. The van der Waals surface area contributed by atoms with Crippen LogP contribution in [0.2, 0.25) is 0 Å². The van der Waals surface area contributed by atoms with Gasteiger partial charge in [0.05, 0.1) is 4.47 Å². The van der Waals surface area contributed by atoms with Crippen LogP contribution in [0, 0.1) is 17.6 Å². The average Bonchev–Trinajstić information content (AvgIpc) is 2.35. The molecular weight excluding hydrogens is 326 g/mol. The fourth-order valence-corrected chi connectivity index (χ4v) is 2.40. The second-order valence-electron chi connectivity index (χ2n) is 5.75. The highest BCUT2D eigenvalue weighted by Gasteiger charge is 2.17. The van der Waals surface area contributed by atoms with Crippen LogP contribution >= 0.6 is 15.9 Å². The first-order valence-corrected chi connectivity index (χ1v) is 7.60. The zero-order chi connectivity index (χ0) is 15.3. The van der Waals surface area contributed by atoms with Gasteiger partial charge >= 0.3 is 0 Å². The van der Waals surface area contributed by atoms with Gasteiger partial charge < -0.3 is 4.90 Å². The fraction of sp³-hybridized carbons (Fsp3) is 0.600. The van der Waals surface area contributed by atoms with E-state index in [1.165, 1.54) is 12.1 Å². The van der Waals surface area contributed by atoms with Crippen molar-refractivity contribution in [1.29, 1.82) is 0 Å². The minimum absolute atomic E-state index is 0.138. The van der Waals surface area contributed by atoms with Crippen LogP contribution < -0.4 is 0 Å². The third-order valence-electron chi connectivity index (χ3n) is 3.01. The molecule has 0 saturated carbocycles. The number of likely N-dealkylation sites (N-methyl/N-ethyl adjacent to an activating group) is 1. The first kappa shape index (κ1) is 17.5. The van der Waals surface area contributed by atoms with Crippen molar-refractivity contribution in [1.82, 2.24) is 9.80 Å². The minimum atomic E-state index is -0.497. The van der Waals surface area contributed by atoms with E-state index >= 15 is 0 Å². The number of hydrogen-bond donors (Lipinski definition) is 0. The Balaban J connectivity index is 2.85. The quantitative estimate of drug-likeness (QED) is 0.692. The van der Waals surface area contributed by atoms with Crippen molar-refractivity contribution in [2.24, 2.45) is 5.92 Å². The number of rotatable bonds is 7. The maximum atomic E-state index is 14.0. The van der Waals surface area contributed by atoms with Gasteiger partial charge in [-0.25, -0.2) is 8.78 Å². The van der Waals surface area contributed by atoms with Crippen molar-refractivity contribution >= 4 is 15.9 Å². The molecule has 0 spiro atoms. The molecule has 1 aromatic carbocycles. The van der Waals surface area contributed by atoms with Crippen LogP contribution in [0.25, 0.3) is 0 Å². The number of benzene rings is 1. The van der Waals surface area contributed by atoms with Gasteiger partial charge in [0.2, 0.25) is 0 Å². The Kier molecular flexibility index (Phi) is 7.06. The second-order valence-corrected chi connectivity index (χ2v) is 6.61. The lowest BCUT2D eigenvalue weighted by Crippen LogP contribution is -2.34. The predicted molar refractivity (Wildman–Crippen MR) is 82.7 cm³/mol. The van der Waals surface area contributed by atoms with Gasteiger partial charge in [-0.3, -0.25) is 4.90 Å². The smallest absolute Gasteiger partial charge is 0.144 e. The Bertz CT molecular complexity index is 436. The van der Waals surface area contributed by atoms with Crippen LogP contribution in [0.5, 0.6) is 0 Å². The van der Waals surface area contributed by atoms with Crippen molar-refractivity contribution in [3.05, 3.63) is 33.8 Å². The lowest BCUT2D eigenvalue weighted by molar-refractivity contribution is 0.207. The molecule has 0 saturated heterocycles. The van der Waals surface area contributed by atoms with Gasteiger partial charge in [0.25, 0.3) is 0 Å². The number of nitrogens with zero attached hydrogens (tertiary/aromatic N) is 2. The van der Waals surface area contributed by atoms with Gasteiger partial charge in [0, 0.05) is 31.7 Å². The Morgan fingerprint density at radius 1 is 1.15 bits per heavy atom. The van der Waals surface area contributed by atoms with Gasteiger partial charge in [-0.1, -0.05) is 13.8 Å². The molecule has 0 amide bonds. The summed E-state index contributed by atoms with van der Waals surface area (Å²) < 4.78 is 28.2. The van der Waals surface area contributed by atoms with Crippen molar-refractivity contribution in [3.63, 3.8) is 0 Å². The molecule has 0 N–H and O–H groups in total. The molecule has 1 rings (SSSR count). The van der Waals surface area contributed by atoms with E-state index in [9.17, 15) is 8.78 Å². The van der Waals surface area contributed by atoms with Crippen LogP contribution in [-0.2, 0) is 6.54 Å². The molecule has 0 aliphatic carbocycles. The van der Waals surface area contributed by atoms with E-state index < -0.39 is 11.6 Å². The Morgan fingerprint density at radius 3 is 2.35 bits per heavy atom. The second kappa shape index (κ2) is 8.05. The summed E-state index contributed by atoms with van der Waals surface area (Å²) in [5.41, 5.74) is 0.138. The van der Waals surface area contributed by atoms with Gasteiger partial charge in [0.15, 0.2) is 0 Å². The zero-order valence-corrected chi connectivity index (χ0v) is 14.2. The van der Waals surface area contributed by atoms with E-state index in [1.807, 2.05) is 14.1 Å². The summed E-state index contributed by atoms with van der Waals surface area (Å²) in [6, 6.07) is 2.71. The fourth-order valence-electron chi connectivity index (χ4n) is 2.03. The molecule has 2 nitrogen and oxygen atoms in total. The SMILES string of the molecule is CC(C)CN(CCN(C)C)Cc1c(F)ccc(Br)c1F. The van der Waals surface area contributed by atoms with Crippen LogP contribution in [0.3, 0.4) is 0 Å². The lowest BCUT2D eigenvalue weighted by atomic mass is 10.1. The van der Waals surface area contributed by atoms with Gasteiger partial charge in [0.1, 0.15) is 11.6 Å². The largest absolute Gasteiger partial charge is 0.308 e. The normalized spacial score (nSPS) is 11.9. The van der Waals surface area contributed by atoms with Crippen LogP contribution in [0.1, 0.15) is 19.4 Å². The molecule has 0 aliphatic heterocycles. The molecule has 1 aromatic rings. The molecule has 0 aliphatic rings. The highest BCUT2D eigenvalue weighted by Crippen LogP contribution is 2.23. The van der Waals surface area contributed by atoms with Crippen molar-refractivity contribution in [3.8, 4) is 0 Å². The van der Waals surface area contributed by atoms with Crippen LogP contribution in [0.4, 0.5) is 8.78 Å². The van der Waals surface area contributed by atoms with Crippen LogP contribution in [-0.4, -0.2) is 43.5 Å². The molecule has 0 radical (unpaired) electrons. The van der Waals surface area contributed by atoms with Crippen molar-refractivity contribution < 1.29 is 8.78 Å². The third kappa shape index (κ3) is 5.46. The first-order valence-electron chi connectivity index (χ1n) is 6.80.